The third kappa shape index (κ3) is 3.88. The average Bonchev–Trinajstić information content (AvgIpc) is 2.63. The van der Waals surface area contributed by atoms with Gasteiger partial charge in [0, 0.05) is 24.8 Å². The predicted octanol–water partition coefficient (Wildman–Crippen LogP) is 2.46. The Hall–Kier alpha value is -3.09. The number of pyridine rings is 1. The normalized spacial score (nSPS) is 15.0. The van der Waals surface area contributed by atoms with E-state index in [0.717, 1.165) is 5.69 Å². The third-order valence-corrected chi connectivity index (χ3v) is 4.32. The van der Waals surface area contributed by atoms with Gasteiger partial charge >= 0.3 is 5.97 Å². The lowest BCUT2D eigenvalue weighted by Gasteiger charge is -2.32. The lowest BCUT2D eigenvalue weighted by Crippen LogP contribution is -2.36. The number of nitrogen functional groups attached to an aromatic ring is 1. The molecule has 3 rings (SSSR count). The van der Waals surface area contributed by atoms with Gasteiger partial charge in [-0.2, -0.15) is 0 Å². The molecule has 1 saturated heterocycles. The Morgan fingerprint density at radius 3 is 2.52 bits per heavy atom. The van der Waals surface area contributed by atoms with E-state index in [1.54, 1.807) is 30.5 Å². The van der Waals surface area contributed by atoms with Crippen molar-refractivity contribution >= 4 is 17.5 Å². The highest BCUT2D eigenvalue weighted by Gasteiger charge is 2.26. The van der Waals surface area contributed by atoms with Crippen LogP contribution < -0.4 is 15.4 Å². The molecule has 25 heavy (non-hydrogen) atoms. The SMILES string of the molecule is N=C(N)c1ccc(Oc2ncccc2N2CCC(C(=O)O)CC2)cc1. The van der Waals surface area contributed by atoms with Crippen LogP contribution in [0.4, 0.5) is 5.69 Å². The second-order valence-corrected chi connectivity index (χ2v) is 5.97. The van der Waals surface area contributed by atoms with Crippen LogP contribution in [0.15, 0.2) is 42.6 Å². The number of nitrogens with zero attached hydrogens (tertiary/aromatic N) is 2. The van der Waals surface area contributed by atoms with Gasteiger partial charge in [0.05, 0.1) is 5.92 Å². The molecule has 0 radical (unpaired) electrons. The van der Waals surface area contributed by atoms with Crippen molar-refractivity contribution in [1.29, 1.82) is 5.41 Å². The first kappa shape index (κ1) is 16.8. The number of ether oxygens (including phenoxy) is 1. The highest BCUT2D eigenvalue weighted by molar-refractivity contribution is 5.94. The van der Waals surface area contributed by atoms with E-state index < -0.39 is 5.97 Å². The molecule has 1 aliphatic heterocycles. The molecule has 0 spiro atoms. The number of benzene rings is 1. The largest absolute Gasteiger partial charge is 0.481 e. The number of hydrogen-bond donors (Lipinski definition) is 3. The lowest BCUT2D eigenvalue weighted by atomic mass is 9.97. The van der Waals surface area contributed by atoms with E-state index >= 15 is 0 Å². The van der Waals surface area contributed by atoms with E-state index in [9.17, 15) is 4.79 Å². The summed E-state index contributed by atoms with van der Waals surface area (Å²) in [6, 6.07) is 10.7. The Morgan fingerprint density at radius 2 is 1.92 bits per heavy atom. The first-order valence-electron chi connectivity index (χ1n) is 8.09. The van der Waals surface area contributed by atoms with E-state index in [-0.39, 0.29) is 11.8 Å². The zero-order chi connectivity index (χ0) is 17.8. The van der Waals surface area contributed by atoms with Crippen LogP contribution in [0.25, 0.3) is 0 Å². The topological polar surface area (TPSA) is 113 Å². The zero-order valence-corrected chi connectivity index (χ0v) is 13.7. The second kappa shape index (κ2) is 7.21. The summed E-state index contributed by atoms with van der Waals surface area (Å²) in [7, 11) is 0. The Bertz CT molecular complexity index is 768. The number of nitrogens with one attached hydrogen (secondary N) is 1. The number of carbonyl (C=O) groups is 1. The molecule has 130 valence electrons. The molecule has 1 aromatic heterocycles. The Balaban J connectivity index is 1.75. The van der Waals surface area contributed by atoms with E-state index in [4.69, 9.17) is 21.0 Å². The molecular weight excluding hydrogens is 320 g/mol. The summed E-state index contributed by atoms with van der Waals surface area (Å²) in [5.74, 6) is 0.0767. The summed E-state index contributed by atoms with van der Waals surface area (Å²) >= 11 is 0. The number of carboxylic acids is 1. The predicted molar refractivity (Wildman–Crippen MR) is 94.3 cm³/mol. The maximum Gasteiger partial charge on any atom is 0.306 e. The fourth-order valence-corrected chi connectivity index (χ4v) is 2.88. The molecule has 0 aliphatic carbocycles. The summed E-state index contributed by atoms with van der Waals surface area (Å²) < 4.78 is 5.89. The van der Waals surface area contributed by atoms with Crippen LogP contribution in [0, 0.1) is 11.3 Å². The monoisotopic (exact) mass is 340 g/mol. The van der Waals surface area contributed by atoms with Crippen molar-refractivity contribution < 1.29 is 14.6 Å². The number of hydrogen-bond acceptors (Lipinski definition) is 5. The van der Waals surface area contributed by atoms with Crippen LogP contribution in [0.2, 0.25) is 0 Å². The van der Waals surface area contributed by atoms with Gasteiger partial charge in [-0.15, -0.1) is 0 Å². The van der Waals surface area contributed by atoms with Gasteiger partial charge < -0.3 is 20.5 Å². The van der Waals surface area contributed by atoms with Crippen LogP contribution in [0.1, 0.15) is 18.4 Å². The van der Waals surface area contributed by atoms with Gasteiger partial charge in [-0.3, -0.25) is 10.2 Å². The van der Waals surface area contributed by atoms with Crippen molar-refractivity contribution in [3.8, 4) is 11.6 Å². The molecule has 1 aliphatic rings. The minimum atomic E-state index is -0.729. The standard InChI is InChI=1S/C18H20N4O3/c19-16(20)12-3-5-14(6-4-12)25-17-15(2-1-9-21-17)22-10-7-13(8-11-22)18(23)24/h1-6,9,13H,7-8,10-11H2,(H3,19,20)(H,23,24). The van der Waals surface area contributed by atoms with Crippen molar-refractivity contribution in [2.45, 2.75) is 12.8 Å². The first-order chi connectivity index (χ1) is 12.0. The van der Waals surface area contributed by atoms with Gasteiger partial charge in [-0.05, 0) is 49.2 Å². The molecule has 0 atom stereocenters. The molecule has 1 fully saturated rings. The summed E-state index contributed by atoms with van der Waals surface area (Å²) in [5.41, 5.74) is 6.93. The number of carboxylic acid groups (broad SMARTS) is 1. The summed E-state index contributed by atoms with van der Waals surface area (Å²) in [4.78, 5) is 17.5. The van der Waals surface area contributed by atoms with Gasteiger partial charge in [-0.25, -0.2) is 4.98 Å². The quantitative estimate of drug-likeness (QED) is 0.569. The maximum atomic E-state index is 11.1. The number of anilines is 1. The van der Waals surface area contributed by atoms with Crippen LogP contribution in [0.5, 0.6) is 11.6 Å². The molecule has 2 heterocycles. The Morgan fingerprint density at radius 1 is 1.24 bits per heavy atom. The number of rotatable bonds is 5. The van der Waals surface area contributed by atoms with E-state index in [2.05, 4.69) is 9.88 Å². The summed E-state index contributed by atoms with van der Waals surface area (Å²) in [6.45, 7) is 1.31. The van der Waals surface area contributed by atoms with Crippen molar-refractivity contribution in [2.24, 2.45) is 11.7 Å². The average molecular weight is 340 g/mol. The van der Waals surface area contributed by atoms with E-state index in [1.807, 2.05) is 12.1 Å². The third-order valence-electron chi connectivity index (χ3n) is 4.32. The molecule has 0 bridgehead atoms. The molecule has 0 amide bonds. The van der Waals surface area contributed by atoms with Gasteiger partial charge in [0.25, 0.3) is 0 Å². The van der Waals surface area contributed by atoms with Gasteiger partial charge in [0.2, 0.25) is 5.88 Å². The fourth-order valence-electron chi connectivity index (χ4n) is 2.88. The van der Waals surface area contributed by atoms with Crippen molar-refractivity contribution in [2.75, 3.05) is 18.0 Å². The van der Waals surface area contributed by atoms with Crippen molar-refractivity contribution in [3.63, 3.8) is 0 Å². The maximum absolute atomic E-state index is 11.1. The van der Waals surface area contributed by atoms with Crippen LogP contribution >= 0.6 is 0 Å². The second-order valence-electron chi connectivity index (χ2n) is 5.97. The number of piperidine rings is 1. The smallest absolute Gasteiger partial charge is 0.306 e. The highest BCUT2D eigenvalue weighted by atomic mass is 16.5. The van der Waals surface area contributed by atoms with E-state index in [1.165, 1.54) is 0 Å². The van der Waals surface area contributed by atoms with Crippen molar-refractivity contribution in [1.82, 2.24) is 4.98 Å². The van der Waals surface area contributed by atoms with Gasteiger partial charge in [-0.1, -0.05) is 0 Å². The van der Waals surface area contributed by atoms with E-state index in [0.29, 0.717) is 43.1 Å². The van der Waals surface area contributed by atoms with Crippen molar-refractivity contribution in [3.05, 3.63) is 48.2 Å². The number of nitrogens with two attached hydrogens (primary N) is 1. The number of amidine groups is 1. The first-order valence-corrected chi connectivity index (χ1v) is 8.09. The molecule has 4 N–H and O–H groups in total. The molecule has 0 saturated carbocycles. The lowest BCUT2D eigenvalue weighted by molar-refractivity contribution is -0.142. The van der Waals surface area contributed by atoms with Crippen LogP contribution in [-0.4, -0.2) is 35.0 Å². The highest BCUT2D eigenvalue weighted by Crippen LogP contribution is 2.32. The molecular formula is C18H20N4O3. The van der Waals surface area contributed by atoms with Gasteiger partial charge in [0.1, 0.15) is 17.3 Å². The molecule has 7 nitrogen and oxygen atoms in total. The Labute approximate surface area is 145 Å². The number of aliphatic carboxylic acids is 1. The Kier molecular flexibility index (Phi) is 4.83. The summed E-state index contributed by atoms with van der Waals surface area (Å²) in [6.07, 6.45) is 2.88. The molecule has 1 aromatic carbocycles. The molecule has 7 heteroatoms. The fraction of sp³-hybridized carbons (Fsp3) is 0.278. The minimum absolute atomic E-state index is 0.00590. The van der Waals surface area contributed by atoms with Crippen LogP contribution in [0.3, 0.4) is 0 Å². The minimum Gasteiger partial charge on any atom is -0.481 e. The van der Waals surface area contributed by atoms with Gasteiger partial charge in [0.15, 0.2) is 0 Å². The zero-order valence-electron chi connectivity index (χ0n) is 13.7. The van der Waals surface area contributed by atoms with Crippen LogP contribution in [-0.2, 0) is 4.79 Å². The molecule has 0 unspecified atom stereocenters. The number of aromatic nitrogens is 1. The summed E-state index contributed by atoms with van der Waals surface area (Å²) in [5, 5.41) is 16.5. The molecule has 2 aromatic rings.